The summed E-state index contributed by atoms with van der Waals surface area (Å²) < 4.78 is 5.57. The van der Waals surface area contributed by atoms with Crippen LogP contribution in [-0.2, 0) is 9.59 Å². The predicted molar refractivity (Wildman–Crippen MR) is 108 cm³/mol. The van der Waals surface area contributed by atoms with Crippen LogP contribution in [0.4, 0.5) is 11.4 Å². The molecule has 2 fully saturated rings. The van der Waals surface area contributed by atoms with Gasteiger partial charge < -0.3 is 21.1 Å². The van der Waals surface area contributed by atoms with Gasteiger partial charge in [0.1, 0.15) is 5.75 Å². The van der Waals surface area contributed by atoms with E-state index in [0.717, 1.165) is 24.9 Å². The molecule has 2 bridgehead atoms. The van der Waals surface area contributed by atoms with E-state index < -0.39 is 0 Å². The van der Waals surface area contributed by atoms with Gasteiger partial charge in [-0.15, -0.1) is 0 Å². The van der Waals surface area contributed by atoms with E-state index in [4.69, 9.17) is 10.5 Å². The van der Waals surface area contributed by atoms with E-state index in [2.05, 4.69) is 10.6 Å². The fraction of sp³-hybridized carbons (Fsp3) is 0.364. The number of hydrogen-bond donors (Lipinski definition) is 3. The highest BCUT2D eigenvalue weighted by Gasteiger charge is 2.49. The zero-order chi connectivity index (χ0) is 19.5. The highest BCUT2D eigenvalue weighted by Crippen LogP contribution is 2.47. The number of amides is 2. The Morgan fingerprint density at radius 1 is 0.964 bits per heavy atom. The van der Waals surface area contributed by atoms with Crippen LogP contribution in [0.5, 0.6) is 5.75 Å². The van der Waals surface area contributed by atoms with Crippen LogP contribution in [0, 0.1) is 17.8 Å². The van der Waals surface area contributed by atoms with Crippen molar-refractivity contribution >= 4 is 23.2 Å². The number of benzene rings is 2. The molecule has 0 radical (unpaired) electrons. The topological polar surface area (TPSA) is 93.5 Å². The molecule has 2 aromatic rings. The van der Waals surface area contributed by atoms with Crippen LogP contribution in [-0.4, -0.2) is 24.5 Å². The van der Waals surface area contributed by atoms with Crippen molar-refractivity contribution in [2.24, 2.45) is 23.5 Å². The first-order chi connectivity index (χ1) is 13.6. The predicted octanol–water partition coefficient (Wildman–Crippen LogP) is 3.02. The van der Waals surface area contributed by atoms with Crippen molar-refractivity contribution in [3.05, 3.63) is 54.6 Å². The molecule has 0 spiro atoms. The SMILES string of the molecule is NC1C2CCC(C2)C1C(=O)Nc1cccc(OCC(=O)Nc2ccccc2)c1. The number of fused-ring (bicyclic) bond motifs is 2. The first-order valence-electron chi connectivity index (χ1n) is 9.74. The van der Waals surface area contributed by atoms with Gasteiger partial charge in [-0.3, -0.25) is 9.59 Å². The summed E-state index contributed by atoms with van der Waals surface area (Å²) in [6.45, 7) is -0.108. The highest BCUT2D eigenvalue weighted by molar-refractivity contribution is 5.94. The molecule has 2 amide bonds. The van der Waals surface area contributed by atoms with Crippen molar-refractivity contribution in [1.82, 2.24) is 0 Å². The Morgan fingerprint density at radius 2 is 1.71 bits per heavy atom. The molecule has 6 heteroatoms. The van der Waals surface area contributed by atoms with Gasteiger partial charge in [-0.2, -0.15) is 0 Å². The molecule has 4 rings (SSSR count). The van der Waals surface area contributed by atoms with Crippen molar-refractivity contribution in [3.63, 3.8) is 0 Å². The van der Waals surface area contributed by atoms with Gasteiger partial charge in [-0.25, -0.2) is 0 Å². The van der Waals surface area contributed by atoms with Crippen molar-refractivity contribution in [3.8, 4) is 5.75 Å². The summed E-state index contributed by atoms with van der Waals surface area (Å²) in [7, 11) is 0. The minimum absolute atomic E-state index is 0.0151. The Morgan fingerprint density at radius 3 is 2.46 bits per heavy atom. The van der Waals surface area contributed by atoms with E-state index in [0.29, 0.717) is 23.3 Å². The second-order valence-corrected chi connectivity index (χ2v) is 7.66. The second-order valence-electron chi connectivity index (χ2n) is 7.66. The Kier molecular flexibility index (Phi) is 5.30. The van der Waals surface area contributed by atoms with E-state index in [-0.39, 0.29) is 30.4 Å². The number of hydrogen-bond acceptors (Lipinski definition) is 4. The van der Waals surface area contributed by atoms with Crippen molar-refractivity contribution < 1.29 is 14.3 Å². The number of nitrogens with one attached hydrogen (secondary N) is 2. The molecule has 4 atom stereocenters. The Labute approximate surface area is 164 Å². The smallest absolute Gasteiger partial charge is 0.262 e. The summed E-state index contributed by atoms with van der Waals surface area (Å²) in [5, 5.41) is 5.74. The number of anilines is 2. The molecule has 2 aromatic carbocycles. The third-order valence-electron chi connectivity index (χ3n) is 5.81. The lowest BCUT2D eigenvalue weighted by Crippen LogP contribution is -2.42. The minimum Gasteiger partial charge on any atom is -0.484 e. The fourth-order valence-electron chi connectivity index (χ4n) is 4.48. The monoisotopic (exact) mass is 379 g/mol. The molecule has 0 heterocycles. The molecule has 0 aliphatic heterocycles. The quantitative estimate of drug-likeness (QED) is 0.719. The van der Waals surface area contributed by atoms with Gasteiger partial charge in [0.2, 0.25) is 5.91 Å². The number of carbonyl (C=O) groups is 2. The Balaban J connectivity index is 1.32. The average Bonchev–Trinajstić information content (AvgIpc) is 3.29. The normalized spacial score (nSPS) is 25.3. The largest absolute Gasteiger partial charge is 0.484 e. The van der Waals surface area contributed by atoms with Crippen LogP contribution in [0.15, 0.2) is 54.6 Å². The molecule has 2 aliphatic carbocycles. The van der Waals surface area contributed by atoms with Gasteiger partial charge in [-0.1, -0.05) is 24.3 Å². The summed E-state index contributed by atoms with van der Waals surface area (Å²) in [6, 6.07) is 16.3. The second kappa shape index (κ2) is 8.02. The van der Waals surface area contributed by atoms with Gasteiger partial charge in [0.25, 0.3) is 5.91 Å². The summed E-state index contributed by atoms with van der Waals surface area (Å²) in [6.07, 6.45) is 3.30. The van der Waals surface area contributed by atoms with E-state index in [1.165, 1.54) is 0 Å². The maximum Gasteiger partial charge on any atom is 0.262 e. The molecular weight excluding hydrogens is 354 g/mol. The third kappa shape index (κ3) is 4.02. The van der Waals surface area contributed by atoms with Crippen LogP contribution in [0.2, 0.25) is 0 Å². The molecule has 0 aromatic heterocycles. The van der Waals surface area contributed by atoms with Gasteiger partial charge in [0.05, 0.1) is 5.92 Å². The van der Waals surface area contributed by atoms with E-state index >= 15 is 0 Å². The summed E-state index contributed by atoms with van der Waals surface area (Å²) in [4.78, 5) is 24.7. The van der Waals surface area contributed by atoms with E-state index in [1.54, 1.807) is 18.2 Å². The maximum absolute atomic E-state index is 12.7. The van der Waals surface area contributed by atoms with Crippen molar-refractivity contribution in [2.45, 2.75) is 25.3 Å². The molecule has 2 saturated carbocycles. The highest BCUT2D eigenvalue weighted by atomic mass is 16.5. The van der Waals surface area contributed by atoms with E-state index in [1.807, 2.05) is 36.4 Å². The number of rotatable bonds is 6. The van der Waals surface area contributed by atoms with Gasteiger partial charge >= 0.3 is 0 Å². The van der Waals surface area contributed by atoms with Crippen molar-refractivity contribution in [1.29, 1.82) is 0 Å². The van der Waals surface area contributed by atoms with Crippen LogP contribution >= 0.6 is 0 Å². The number of para-hydroxylation sites is 1. The van der Waals surface area contributed by atoms with Crippen LogP contribution in [0.1, 0.15) is 19.3 Å². The first kappa shape index (κ1) is 18.5. The molecule has 6 nitrogen and oxygen atoms in total. The summed E-state index contributed by atoms with van der Waals surface area (Å²) in [5.41, 5.74) is 7.64. The summed E-state index contributed by atoms with van der Waals surface area (Å²) >= 11 is 0. The number of ether oxygens (including phenoxy) is 1. The van der Waals surface area contributed by atoms with Crippen molar-refractivity contribution in [2.75, 3.05) is 17.2 Å². The lowest BCUT2D eigenvalue weighted by atomic mass is 9.84. The fourth-order valence-corrected chi connectivity index (χ4v) is 4.48. The first-order valence-corrected chi connectivity index (χ1v) is 9.74. The van der Waals surface area contributed by atoms with Crippen LogP contribution in [0.3, 0.4) is 0 Å². The molecular formula is C22H25N3O3. The maximum atomic E-state index is 12.7. The van der Waals surface area contributed by atoms with Gasteiger partial charge in [0, 0.05) is 23.5 Å². The molecule has 4 N–H and O–H groups in total. The van der Waals surface area contributed by atoms with Crippen LogP contribution in [0.25, 0.3) is 0 Å². The lowest BCUT2D eigenvalue weighted by molar-refractivity contribution is -0.122. The number of carbonyl (C=O) groups excluding carboxylic acids is 2. The lowest BCUT2D eigenvalue weighted by Gasteiger charge is -2.27. The Bertz CT molecular complexity index is 853. The zero-order valence-electron chi connectivity index (χ0n) is 15.6. The van der Waals surface area contributed by atoms with Crippen LogP contribution < -0.4 is 21.1 Å². The minimum atomic E-state index is -0.242. The molecule has 4 unspecified atom stereocenters. The third-order valence-corrected chi connectivity index (χ3v) is 5.81. The number of nitrogens with two attached hydrogens (primary N) is 1. The zero-order valence-corrected chi connectivity index (χ0v) is 15.6. The van der Waals surface area contributed by atoms with Gasteiger partial charge in [-0.05, 0) is 55.4 Å². The van der Waals surface area contributed by atoms with E-state index in [9.17, 15) is 9.59 Å². The average molecular weight is 379 g/mol. The summed E-state index contributed by atoms with van der Waals surface area (Å²) in [5.74, 6) is 1.05. The molecule has 0 saturated heterocycles. The molecule has 146 valence electrons. The molecule has 28 heavy (non-hydrogen) atoms. The standard InChI is InChI=1S/C22H25N3O3/c23-21-15-10-9-14(11-15)20(21)22(27)25-17-7-4-8-18(12-17)28-13-19(26)24-16-5-2-1-3-6-16/h1-8,12,14-15,20-21H,9-11,13,23H2,(H,24,26)(H,25,27). The molecule has 2 aliphatic rings. The Hall–Kier alpha value is -2.86. The van der Waals surface area contributed by atoms with Gasteiger partial charge in [0.15, 0.2) is 6.61 Å².